The summed E-state index contributed by atoms with van der Waals surface area (Å²) in [6, 6.07) is 19.1. The minimum absolute atomic E-state index is 0.167. The molecule has 0 aliphatic carbocycles. The molecule has 6 nitrogen and oxygen atoms in total. The molecule has 0 spiro atoms. The van der Waals surface area contributed by atoms with Crippen LogP contribution < -0.4 is 5.32 Å². The number of allylic oxidation sites excluding steroid dienone is 1. The van der Waals surface area contributed by atoms with E-state index < -0.39 is 6.04 Å². The van der Waals surface area contributed by atoms with Gasteiger partial charge in [0.2, 0.25) is 5.82 Å². The normalized spacial score (nSPS) is 16.2. The maximum absolute atomic E-state index is 13.3. The van der Waals surface area contributed by atoms with Crippen molar-refractivity contribution in [2.75, 3.05) is 6.54 Å². The van der Waals surface area contributed by atoms with Gasteiger partial charge in [-0.25, -0.2) is 9.18 Å². The number of aromatic nitrogens is 2. The minimum atomic E-state index is -0.432. The summed E-state index contributed by atoms with van der Waals surface area (Å²) in [6.45, 7) is 2.43. The molecule has 2 aromatic heterocycles. The van der Waals surface area contributed by atoms with E-state index in [0.717, 1.165) is 23.3 Å². The lowest BCUT2D eigenvalue weighted by Gasteiger charge is -2.35. The summed E-state index contributed by atoms with van der Waals surface area (Å²) in [5.41, 5.74) is 3.07. The first-order valence-electron chi connectivity index (χ1n) is 10.6. The number of nitrogens with zero attached hydrogens (tertiary/aromatic N) is 3. The third-order valence-electron chi connectivity index (χ3n) is 5.65. The molecule has 1 aliphatic heterocycles. The molecule has 166 valence electrons. The Balaban J connectivity index is 1.54. The number of halogens is 1. The molecule has 33 heavy (non-hydrogen) atoms. The monoisotopic (exact) mass is 460 g/mol. The van der Waals surface area contributed by atoms with Crippen molar-refractivity contribution < 1.29 is 13.7 Å². The van der Waals surface area contributed by atoms with Crippen molar-refractivity contribution in [3.63, 3.8) is 0 Å². The van der Waals surface area contributed by atoms with Crippen molar-refractivity contribution in [1.82, 2.24) is 20.4 Å². The van der Waals surface area contributed by atoms with Crippen LogP contribution in [-0.2, 0) is 6.42 Å². The predicted molar refractivity (Wildman–Crippen MR) is 125 cm³/mol. The fourth-order valence-corrected chi connectivity index (χ4v) is 4.65. The van der Waals surface area contributed by atoms with Gasteiger partial charge in [0, 0.05) is 22.7 Å². The van der Waals surface area contributed by atoms with Gasteiger partial charge in [-0.1, -0.05) is 41.6 Å². The molecular weight excluding hydrogens is 439 g/mol. The summed E-state index contributed by atoms with van der Waals surface area (Å²) in [7, 11) is 0. The zero-order valence-corrected chi connectivity index (χ0v) is 18.7. The Morgan fingerprint density at radius 1 is 1.09 bits per heavy atom. The van der Waals surface area contributed by atoms with E-state index >= 15 is 0 Å². The number of thiophene rings is 1. The number of carbonyl (C=O) groups is 1. The first-order valence-corrected chi connectivity index (χ1v) is 11.4. The quantitative estimate of drug-likeness (QED) is 0.402. The van der Waals surface area contributed by atoms with E-state index in [1.54, 1.807) is 28.4 Å². The van der Waals surface area contributed by atoms with Crippen LogP contribution in [0.3, 0.4) is 0 Å². The van der Waals surface area contributed by atoms with E-state index in [9.17, 15) is 9.18 Å². The molecule has 3 heterocycles. The Kier molecular flexibility index (Phi) is 5.75. The Hall–Kier alpha value is -3.78. The molecule has 2 aromatic carbocycles. The van der Waals surface area contributed by atoms with Crippen LogP contribution in [0.5, 0.6) is 0 Å². The number of carbonyl (C=O) groups excluding carboxylic acids is 1. The lowest BCUT2D eigenvalue weighted by Crippen LogP contribution is -2.46. The molecule has 0 radical (unpaired) electrons. The Labute approximate surface area is 194 Å². The van der Waals surface area contributed by atoms with Crippen LogP contribution in [0.15, 0.2) is 82.3 Å². The summed E-state index contributed by atoms with van der Waals surface area (Å²) in [6.07, 6.45) is 0.746. The summed E-state index contributed by atoms with van der Waals surface area (Å²) in [5.74, 6) is 0.350. The number of hydrogen-bond acceptors (Lipinski definition) is 5. The number of amides is 2. The van der Waals surface area contributed by atoms with Gasteiger partial charge in [0.1, 0.15) is 5.82 Å². The van der Waals surface area contributed by atoms with Crippen molar-refractivity contribution in [3.05, 3.63) is 100.0 Å². The largest absolute Gasteiger partial charge is 0.334 e. The van der Waals surface area contributed by atoms with Crippen molar-refractivity contribution in [2.45, 2.75) is 19.4 Å². The average Bonchev–Trinajstić information content (AvgIpc) is 3.52. The second-order valence-electron chi connectivity index (χ2n) is 7.70. The van der Waals surface area contributed by atoms with Crippen molar-refractivity contribution in [2.24, 2.45) is 0 Å². The maximum atomic E-state index is 13.3. The average molecular weight is 461 g/mol. The van der Waals surface area contributed by atoms with E-state index in [4.69, 9.17) is 4.52 Å². The molecule has 1 aliphatic rings. The molecule has 1 N–H and O–H groups in total. The molecule has 5 rings (SSSR count). The van der Waals surface area contributed by atoms with E-state index in [0.29, 0.717) is 23.8 Å². The second kappa shape index (κ2) is 8.99. The lowest BCUT2D eigenvalue weighted by atomic mass is 9.94. The standard InChI is InChI=1S/C25H21FN4O2S/c1-16-21(24-28-23(29-32-24)18-9-11-19(26)12-10-18)22(17-6-3-2-4-7-17)27-25(31)30(16)14-13-20-8-5-15-33-20/h2-12,15,22H,13-14H2,1H3,(H,27,31). The highest BCUT2D eigenvalue weighted by Crippen LogP contribution is 2.37. The van der Waals surface area contributed by atoms with Gasteiger partial charge in [-0.2, -0.15) is 4.98 Å². The summed E-state index contributed by atoms with van der Waals surface area (Å²) < 4.78 is 19.0. The third kappa shape index (κ3) is 4.29. The maximum Gasteiger partial charge on any atom is 0.322 e. The molecule has 1 atom stereocenters. The molecule has 0 saturated carbocycles. The SMILES string of the molecule is CC1=C(c2nc(-c3ccc(F)cc3)no2)C(c2ccccc2)NC(=O)N1CCc1cccs1. The summed E-state index contributed by atoms with van der Waals surface area (Å²) in [4.78, 5) is 20.6. The van der Waals surface area contributed by atoms with Gasteiger partial charge < -0.3 is 9.84 Å². The Morgan fingerprint density at radius 2 is 1.88 bits per heavy atom. The van der Waals surface area contributed by atoms with Crippen molar-refractivity contribution in [3.8, 4) is 11.4 Å². The van der Waals surface area contributed by atoms with Crippen LogP contribution in [0.2, 0.25) is 0 Å². The first kappa shape index (κ1) is 21.1. The molecule has 0 fully saturated rings. The van der Waals surface area contributed by atoms with Gasteiger partial charge in [-0.05, 0) is 54.6 Å². The van der Waals surface area contributed by atoms with E-state index in [1.807, 2.05) is 48.7 Å². The van der Waals surface area contributed by atoms with E-state index in [1.165, 1.54) is 17.0 Å². The zero-order chi connectivity index (χ0) is 22.8. The minimum Gasteiger partial charge on any atom is -0.334 e. The molecular formula is C25H21FN4O2S. The van der Waals surface area contributed by atoms with Gasteiger partial charge in [0.05, 0.1) is 11.6 Å². The third-order valence-corrected chi connectivity index (χ3v) is 6.59. The second-order valence-corrected chi connectivity index (χ2v) is 8.74. The van der Waals surface area contributed by atoms with E-state index in [-0.39, 0.29) is 11.8 Å². The fraction of sp³-hybridized carbons (Fsp3) is 0.160. The van der Waals surface area contributed by atoms with Gasteiger partial charge >= 0.3 is 6.03 Å². The Morgan fingerprint density at radius 3 is 2.61 bits per heavy atom. The van der Waals surface area contributed by atoms with Gasteiger partial charge in [-0.15, -0.1) is 11.3 Å². The molecule has 0 bridgehead atoms. The molecule has 0 saturated heterocycles. The van der Waals surface area contributed by atoms with Crippen molar-refractivity contribution >= 4 is 22.9 Å². The summed E-state index contributed by atoms with van der Waals surface area (Å²) >= 11 is 1.67. The highest BCUT2D eigenvalue weighted by molar-refractivity contribution is 7.09. The van der Waals surface area contributed by atoms with Crippen LogP contribution in [0, 0.1) is 5.82 Å². The van der Waals surface area contributed by atoms with Gasteiger partial charge in [0.25, 0.3) is 5.89 Å². The van der Waals surface area contributed by atoms with Crippen LogP contribution in [0.1, 0.15) is 29.3 Å². The smallest absolute Gasteiger partial charge is 0.322 e. The molecule has 4 aromatic rings. The van der Waals surface area contributed by atoms with Gasteiger partial charge in [-0.3, -0.25) is 4.90 Å². The Bertz CT molecular complexity index is 1280. The summed E-state index contributed by atoms with van der Waals surface area (Å²) in [5, 5.41) is 9.24. The fourth-order valence-electron chi connectivity index (χ4n) is 3.95. The number of nitrogens with one attached hydrogen (secondary N) is 1. The van der Waals surface area contributed by atoms with Crippen LogP contribution in [-0.4, -0.2) is 27.6 Å². The van der Waals surface area contributed by atoms with Crippen LogP contribution in [0.25, 0.3) is 17.0 Å². The van der Waals surface area contributed by atoms with Crippen LogP contribution >= 0.6 is 11.3 Å². The highest BCUT2D eigenvalue weighted by Gasteiger charge is 2.35. The topological polar surface area (TPSA) is 71.3 Å². The predicted octanol–water partition coefficient (Wildman–Crippen LogP) is 5.68. The van der Waals surface area contributed by atoms with Gasteiger partial charge in [0.15, 0.2) is 0 Å². The highest BCUT2D eigenvalue weighted by atomic mass is 32.1. The number of rotatable bonds is 6. The zero-order valence-electron chi connectivity index (χ0n) is 17.9. The molecule has 8 heteroatoms. The lowest BCUT2D eigenvalue weighted by molar-refractivity contribution is 0.205. The van der Waals surface area contributed by atoms with Crippen LogP contribution in [0.4, 0.5) is 9.18 Å². The number of hydrogen-bond donors (Lipinski definition) is 1. The molecule has 2 amide bonds. The molecule has 1 unspecified atom stereocenters. The van der Waals surface area contributed by atoms with E-state index in [2.05, 4.69) is 21.5 Å². The van der Waals surface area contributed by atoms with Crippen molar-refractivity contribution in [1.29, 1.82) is 0 Å². The number of benzene rings is 2. The first-order chi connectivity index (χ1) is 16.1. The number of urea groups is 1.